The van der Waals surface area contributed by atoms with Crippen LogP contribution < -0.4 is 11.1 Å². The first-order valence-corrected chi connectivity index (χ1v) is 6.88. The molecule has 0 unspecified atom stereocenters. The molecule has 0 heterocycles. The zero-order valence-corrected chi connectivity index (χ0v) is 12.6. The molecular weight excluding hydrogens is 320 g/mol. The molecule has 0 atom stereocenters. The van der Waals surface area contributed by atoms with Crippen LogP contribution in [0.5, 0.6) is 5.75 Å². The average Bonchev–Trinajstić information content (AvgIpc) is 2.42. The number of carbonyl (C=O) groups is 1. The highest BCUT2D eigenvalue weighted by molar-refractivity contribution is 9.10. The number of nitrogens with two attached hydrogens (primary N) is 1. The van der Waals surface area contributed by atoms with Crippen molar-refractivity contribution in [2.75, 3.05) is 5.73 Å². The van der Waals surface area contributed by atoms with Crippen LogP contribution in [0.1, 0.15) is 21.5 Å². The number of nitrogens with one attached hydrogen (secondary N) is 1. The lowest BCUT2D eigenvalue weighted by atomic mass is 10.1. The summed E-state index contributed by atoms with van der Waals surface area (Å²) in [6.07, 6.45) is 0. The van der Waals surface area contributed by atoms with E-state index >= 15 is 0 Å². The second kappa shape index (κ2) is 5.96. The molecule has 1 amide bonds. The highest BCUT2D eigenvalue weighted by Crippen LogP contribution is 2.20. The maximum absolute atomic E-state index is 12.0. The third-order valence-electron chi connectivity index (χ3n) is 2.96. The number of aryl methyl sites for hydroxylation is 1. The molecule has 5 heteroatoms. The van der Waals surface area contributed by atoms with Gasteiger partial charge in [-0.2, -0.15) is 0 Å². The largest absolute Gasteiger partial charge is 0.508 e. The van der Waals surface area contributed by atoms with Gasteiger partial charge in [0.25, 0.3) is 5.91 Å². The lowest BCUT2D eigenvalue weighted by Crippen LogP contribution is -2.23. The topological polar surface area (TPSA) is 75.4 Å². The van der Waals surface area contributed by atoms with Crippen LogP contribution in [0, 0.1) is 6.92 Å². The van der Waals surface area contributed by atoms with Crippen LogP contribution in [0.2, 0.25) is 0 Å². The van der Waals surface area contributed by atoms with Gasteiger partial charge in [-0.1, -0.05) is 15.9 Å². The Morgan fingerprint density at radius 3 is 2.75 bits per heavy atom. The lowest BCUT2D eigenvalue weighted by molar-refractivity contribution is 0.0950. The van der Waals surface area contributed by atoms with Crippen molar-refractivity contribution in [1.29, 1.82) is 0 Å². The summed E-state index contributed by atoms with van der Waals surface area (Å²) in [6.45, 7) is 2.15. The second-order valence-corrected chi connectivity index (χ2v) is 5.39. The quantitative estimate of drug-likeness (QED) is 0.596. The van der Waals surface area contributed by atoms with Crippen molar-refractivity contribution >= 4 is 27.5 Å². The van der Waals surface area contributed by atoms with E-state index in [0.29, 0.717) is 16.8 Å². The second-order valence-electron chi connectivity index (χ2n) is 4.53. The van der Waals surface area contributed by atoms with Crippen molar-refractivity contribution in [3.05, 3.63) is 57.6 Å². The molecule has 0 aromatic heterocycles. The van der Waals surface area contributed by atoms with Gasteiger partial charge in [0.2, 0.25) is 0 Å². The highest BCUT2D eigenvalue weighted by atomic mass is 79.9. The molecule has 20 heavy (non-hydrogen) atoms. The standard InChI is InChI=1S/C15H15BrN2O2/c1-9-6-10(2-4-13(9)16)15(20)18-8-11-7-12(17)3-5-14(11)19/h2-7,19H,8,17H2,1H3,(H,18,20). The molecule has 0 saturated carbocycles. The van der Waals surface area contributed by atoms with E-state index in [4.69, 9.17) is 5.73 Å². The summed E-state index contributed by atoms with van der Waals surface area (Å²) >= 11 is 3.39. The zero-order valence-electron chi connectivity index (χ0n) is 11.0. The van der Waals surface area contributed by atoms with Crippen molar-refractivity contribution in [3.8, 4) is 5.75 Å². The van der Waals surface area contributed by atoms with Gasteiger partial charge in [0, 0.05) is 27.8 Å². The van der Waals surface area contributed by atoms with Crippen molar-refractivity contribution < 1.29 is 9.90 Å². The number of nitrogen functional groups attached to an aromatic ring is 1. The molecule has 4 N–H and O–H groups in total. The molecule has 0 radical (unpaired) electrons. The van der Waals surface area contributed by atoms with Gasteiger partial charge in [-0.25, -0.2) is 0 Å². The summed E-state index contributed by atoms with van der Waals surface area (Å²) in [7, 11) is 0. The van der Waals surface area contributed by atoms with Gasteiger partial charge in [-0.3, -0.25) is 4.79 Å². The van der Waals surface area contributed by atoms with Gasteiger partial charge in [-0.05, 0) is 48.9 Å². The van der Waals surface area contributed by atoms with Gasteiger partial charge in [0.15, 0.2) is 0 Å². The molecule has 0 spiro atoms. The minimum absolute atomic E-state index is 0.117. The molecule has 2 aromatic rings. The normalized spacial score (nSPS) is 10.3. The van der Waals surface area contributed by atoms with E-state index in [1.165, 1.54) is 6.07 Å². The lowest BCUT2D eigenvalue weighted by Gasteiger charge is -2.09. The molecular formula is C15H15BrN2O2. The van der Waals surface area contributed by atoms with E-state index in [-0.39, 0.29) is 18.2 Å². The number of amides is 1. The van der Waals surface area contributed by atoms with Gasteiger partial charge in [0.05, 0.1) is 0 Å². The monoisotopic (exact) mass is 334 g/mol. The van der Waals surface area contributed by atoms with Crippen LogP contribution in [-0.2, 0) is 6.54 Å². The average molecular weight is 335 g/mol. The predicted octanol–water partition coefficient (Wildman–Crippen LogP) is 2.98. The van der Waals surface area contributed by atoms with Gasteiger partial charge in [0.1, 0.15) is 5.75 Å². The Labute approximate surface area is 125 Å². The van der Waals surface area contributed by atoms with Crippen LogP contribution in [-0.4, -0.2) is 11.0 Å². The summed E-state index contributed by atoms with van der Waals surface area (Å²) in [5.41, 5.74) is 8.36. The molecule has 0 aliphatic heterocycles. The van der Waals surface area contributed by atoms with Crippen molar-refractivity contribution in [3.63, 3.8) is 0 Å². The van der Waals surface area contributed by atoms with E-state index in [0.717, 1.165) is 10.0 Å². The molecule has 0 saturated heterocycles. The molecule has 0 aliphatic carbocycles. The van der Waals surface area contributed by atoms with Crippen LogP contribution in [0.3, 0.4) is 0 Å². The number of hydrogen-bond donors (Lipinski definition) is 3. The summed E-state index contributed by atoms with van der Waals surface area (Å²) in [4.78, 5) is 12.0. The first-order valence-electron chi connectivity index (χ1n) is 6.09. The van der Waals surface area contributed by atoms with Gasteiger partial charge >= 0.3 is 0 Å². The van der Waals surface area contributed by atoms with Crippen LogP contribution in [0.15, 0.2) is 40.9 Å². The predicted molar refractivity (Wildman–Crippen MR) is 82.6 cm³/mol. The highest BCUT2D eigenvalue weighted by Gasteiger charge is 2.08. The molecule has 0 fully saturated rings. The van der Waals surface area contributed by atoms with E-state index in [1.54, 1.807) is 24.3 Å². The Morgan fingerprint density at radius 1 is 1.30 bits per heavy atom. The first kappa shape index (κ1) is 14.4. The van der Waals surface area contributed by atoms with Crippen molar-refractivity contribution in [2.24, 2.45) is 0 Å². The van der Waals surface area contributed by atoms with Crippen molar-refractivity contribution in [2.45, 2.75) is 13.5 Å². The summed E-state index contributed by atoms with van der Waals surface area (Å²) in [6, 6.07) is 10.1. The number of phenols is 1. The number of aromatic hydroxyl groups is 1. The van der Waals surface area contributed by atoms with Crippen molar-refractivity contribution in [1.82, 2.24) is 5.32 Å². The van der Waals surface area contributed by atoms with E-state index in [9.17, 15) is 9.90 Å². The number of benzene rings is 2. The van der Waals surface area contributed by atoms with E-state index < -0.39 is 0 Å². The Kier molecular flexibility index (Phi) is 4.29. The number of rotatable bonds is 3. The molecule has 4 nitrogen and oxygen atoms in total. The van der Waals surface area contributed by atoms with Crippen LogP contribution in [0.25, 0.3) is 0 Å². The van der Waals surface area contributed by atoms with E-state index in [1.807, 2.05) is 13.0 Å². The molecule has 2 rings (SSSR count). The third-order valence-corrected chi connectivity index (χ3v) is 3.85. The van der Waals surface area contributed by atoms with Crippen LogP contribution >= 0.6 is 15.9 Å². The molecule has 0 bridgehead atoms. The Morgan fingerprint density at radius 2 is 2.05 bits per heavy atom. The van der Waals surface area contributed by atoms with Gasteiger partial charge < -0.3 is 16.2 Å². The SMILES string of the molecule is Cc1cc(C(=O)NCc2cc(N)ccc2O)ccc1Br. The fraction of sp³-hybridized carbons (Fsp3) is 0.133. The number of halogens is 1. The van der Waals surface area contributed by atoms with E-state index in [2.05, 4.69) is 21.2 Å². The number of hydrogen-bond acceptors (Lipinski definition) is 3. The maximum atomic E-state index is 12.0. The molecule has 104 valence electrons. The Hall–Kier alpha value is -2.01. The first-order chi connectivity index (χ1) is 9.47. The molecule has 2 aromatic carbocycles. The van der Waals surface area contributed by atoms with Gasteiger partial charge in [-0.15, -0.1) is 0 Å². The summed E-state index contributed by atoms with van der Waals surface area (Å²) in [5.74, 6) is -0.0751. The maximum Gasteiger partial charge on any atom is 0.251 e. The smallest absolute Gasteiger partial charge is 0.251 e. The number of phenolic OH excluding ortho intramolecular Hbond substituents is 1. The number of carbonyl (C=O) groups excluding carboxylic acids is 1. The third kappa shape index (κ3) is 3.30. The summed E-state index contributed by atoms with van der Waals surface area (Å²) in [5, 5.41) is 12.4. The Balaban J connectivity index is 2.08. The zero-order chi connectivity index (χ0) is 14.7. The minimum atomic E-state index is -0.192. The minimum Gasteiger partial charge on any atom is -0.508 e. The van der Waals surface area contributed by atoms with Crippen LogP contribution in [0.4, 0.5) is 5.69 Å². The Bertz CT molecular complexity index is 656. The number of anilines is 1. The molecule has 0 aliphatic rings. The fourth-order valence-corrected chi connectivity index (χ4v) is 2.06. The summed E-state index contributed by atoms with van der Waals surface area (Å²) < 4.78 is 0.961. The fourth-order valence-electron chi connectivity index (χ4n) is 1.81.